The maximum absolute atomic E-state index is 14.0. The summed E-state index contributed by atoms with van der Waals surface area (Å²) in [4.78, 5) is 6.21. The van der Waals surface area contributed by atoms with Crippen molar-refractivity contribution >= 4 is 0 Å². The molecule has 0 bridgehead atoms. The van der Waals surface area contributed by atoms with Crippen LogP contribution in [-0.2, 0) is 6.54 Å². The fourth-order valence-electron chi connectivity index (χ4n) is 2.45. The lowest BCUT2D eigenvalue weighted by molar-refractivity contribution is 0.282. The molecule has 0 aliphatic heterocycles. The van der Waals surface area contributed by atoms with E-state index in [0.717, 1.165) is 25.2 Å². The Morgan fingerprint density at radius 2 is 1.90 bits per heavy atom. The lowest BCUT2D eigenvalue weighted by Crippen LogP contribution is -2.33. The first-order valence-corrected chi connectivity index (χ1v) is 7.26. The number of rotatable bonds is 7. The first kappa shape index (κ1) is 15.6. The lowest BCUT2D eigenvalue weighted by atomic mass is 10.1. The zero-order chi connectivity index (χ0) is 15.1. The predicted molar refractivity (Wildman–Crippen MR) is 83.4 cm³/mol. The smallest absolute Gasteiger partial charge is 0.128 e. The molecule has 1 aromatic heterocycles. The number of hydrogen-bond acceptors (Lipinski definition) is 3. The third-order valence-corrected chi connectivity index (χ3v) is 3.43. The second kappa shape index (κ2) is 7.86. The highest BCUT2D eigenvalue weighted by molar-refractivity contribution is 5.21. The van der Waals surface area contributed by atoms with Crippen LogP contribution in [0.2, 0.25) is 0 Å². The molecule has 0 aliphatic rings. The van der Waals surface area contributed by atoms with E-state index in [1.54, 1.807) is 18.5 Å². The van der Waals surface area contributed by atoms with Crippen LogP contribution in [0.25, 0.3) is 0 Å². The van der Waals surface area contributed by atoms with Gasteiger partial charge in [-0.1, -0.05) is 25.1 Å². The molecule has 2 aromatic rings. The second-order valence-electron chi connectivity index (χ2n) is 5.18. The first-order valence-electron chi connectivity index (χ1n) is 7.26. The molecule has 21 heavy (non-hydrogen) atoms. The van der Waals surface area contributed by atoms with Crippen molar-refractivity contribution in [2.24, 2.45) is 0 Å². The summed E-state index contributed by atoms with van der Waals surface area (Å²) in [5.41, 5.74) is 1.93. The molecule has 4 heteroatoms. The van der Waals surface area contributed by atoms with E-state index >= 15 is 0 Å². The van der Waals surface area contributed by atoms with E-state index in [1.165, 1.54) is 11.6 Å². The Balaban J connectivity index is 2.04. The van der Waals surface area contributed by atoms with Crippen molar-refractivity contribution in [3.63, 3.8) is 0 Å². The van der Waals surface area contributed by atoms with Crippen molar-refractivity contribution in [2.45, 2.75) is 19.5 Å². The summed E-state index contributed by atoms with van der Waals surface area (Å²) in [5.74, 6) is -0.152. The first-order chi connectivity index (χ1) is 10.2. The Kier molecular flexibility index (Phi) is 5.84. The molecule has 0 saturated carbocycles. The van der Waals surface area contributed by atoms with Crippen LogP contribution >= 0.6 is 0 Å². The van der Waals surface area contributed by atoms with Crippen LogP contribution in [0.4, 0.5) is 4.39 Å². The third kappa shape index (κ3) is 4.62. The summed E-state index contributed by atoms with van der Waals surface area (Å²) in [6.45, 7) is 4.41. The fraction of sp³-hybridized carbons (Fsp3) is 0.353. The van der Waals surface area contributed by atoms with Crippen molar-refractivity contribution in [1.29, 1.82) is 0 Å². The molecule has 1 N–H and O–H groups in total. The van der Waals surface area contributed by atoms with E-state index in [1.807, 2.05) is 38.2 Å². The fourth-order valence-corrected chi connectivity index (χ4v) is 2.45. The Morgan fingerprint density at radius 1 is 1.19 bits per heavy atom. The largest absolute Gasteiger partial charge is 0.309 e. The minimum atomic E-state index is -0.152. The van der Waals surface area contributed by atoms with E-state index in [4.69, 9.17) is 0 Å². The molecule has 1 unspecified atom stereocenters. The Hall–Kier alpha value is -1.78. The minimum Gasteiger partial charge on any atom is -0.309 e. The minimum absolute atomic E-state index is 0.0111. The van der Waals surface area contributed by atoms with Crippen LogP contribution in [0.3, 0.4) is 0 Å². The highest BCUT2D eigenvalue weighted by Crippen LogP contribution is 2.18. The average Bonchev–Trinajstić information content (AvgIpc) is 2.48. The zero-order valence-corrected chi connectivity index (χ0v) is 12.6. The van der Waals surface area contributed by atoms with Gasteiger partial charge in [0.1, 0.15) is 5.82 Å². The van der Waals surface area contributed by atoms with Gasteiger partial charge in [-0.2, -0.15) is 0 Å². The highest BCUT2D eigenvalue weighted by atomic mass is 19.1. The van der Waals surface area contributed by atoms with E-state index in [9.17, 15) is 4.39 Å². The van der Waals surface area contributed by atoms with Gasteiger partial charge in [-0.25, -0.2) is 4.39 Å². The van der Waals surface area contributed by atoms with Crippen molar-refractivity contribution in [3.05, 3.63) is 65.7 Å². The van der Waals surface area contributed by atoms with Gasteiger partial charge in [-0.15, -0.1) is 0 Å². The van der Waals surface area contributed by atoms with Crippen LogP contribution < -0.4 is 5.32 Å². The normalized spacial score (nSPS) is 12.6. The number of pyridine rings is 1. The number of nitrogens with one attached hydrogen (secondary N) is 1. The van der Waals surface area contributed by atoms with Crippen molar-refractivity contribution in [1.82, 2.24) is 15.2 Å². The molecule has 1 heterocycles. The second-order valence-corrected chi connectivity index (χ2v) is 5.18. The number of nitrogens with zero attached hydrogens (tertiary/aromatic N) is 2. The predicted octanol–water partition coefficient (Wildman–Crippen LogP) is 3.00. The zero-order valence-electron chi connectivity index (χ0n) is 12.6. The van der Waals surface area contributed by atoms with Crippen LogP contribution in [0.1, 0.15) is 24.1 Å². The van der Waals surface area contributed by atoms with Gasteiger partial charge in [0.05, 0.1) is 0 Å². The number of likely N-dealkylation sites (N-methyl/N-ethyl adjacent to an activating group) is 2. The summed E-state index contributed by atoms with van der Waals surface area (Å²) >= 11 is 0. The van der Waals surface area contributed by atoms with Gasteiger partial charge >= 0.3 is 0 Å². The topological polar surface area (TPSA) is 28.2 Å². The van der Waals surface area contributed by atoms with Gasteiger partial charge < -0.3 is 10.2 Å². The lowest BCUT2D eigenvalue weighted by Gasteiger charge is -2.25. The number of halogens is 1. The van der Waals surface area contributed by atoms with E-state index in [-0.39, 0.29) is 11.9 Å². The molecule has 0 saturated heterocycles. The number of aromatic nitrogens is 1. The highest BCUT2D eigenvalue weighted by Gasteiger charge is 2.16. The van der Waals surface area contributed by atoms with E-state index in [0.29, 0.717) is 0 Å². The molecular formula is C17H22FN3. The quantitative estimate of drug-likeness (QED) is 0.848. The molecule has 112 valence electrons. The molecule has 1 aromatic carbocycles. The summed E-state index contributed by atoms with van der Waals surface area (Å²) in [6.07, 6.45) is 3.59. The van der Waals surface area contributed by atoms with E-state index < -0.39 is 0 Å². The molecule has 3 nitrogen and oxygen atoms in total. The Bertz CT molecular complexity index is 545. The van der Waals surface area contributed by atoms with Gasteiger partial charge in [-0.05, 0) is 37.4 Å². The SMILES string of the molecule is CCNC(CN(C)Cc1ccncc1)c1ccccc1F. The molecule has 0 fully saturated rings. The third-order valence-electron chi connectivity index (χ3n) is 3.43. The summed E-state index contributed by atoms with van der Waals surface area (Å²) in [5, 5.41) is 3.36. The Labute approximate surface area is 125 Å². The molecule has 0 spiro atoms. The molecule has 0 amide bonds. The monoisotopic (exact) mass is 287 g/mol. The van der Waals surface area contributed by atoms with Gasteiger partial charge in [0, 0.05) is 37.1 Å². The molecule has 0 aliphatic carbocycles. The van der Waals surface area contributed by atoms with Gasteiger partial charge in [-0.3, -0.25) is 4.98 Å². The van der Waals surface area contributed by atoms with Crippen molar-refractivity contribution in [3.8, 4) is 0 Å². The number of hydrogen-bond donors (Lipinski definition) is 1. The van der Waals surface area contributed by atoms with Crippen LogP contribution in [0.15, 0.2) is 48.8 Å². The van der Waals surface area contributed by atoms with Gasteiger partial charge in [0.2, 0.25) is 0 Å². The summed E-state index contributed by atoms with van der Waals surface area (Å²) < 4.78 is 14.0. The van der Waals surface area contributed by atoms with Crippen molar-refractivity contribution in [2.75, 3.05) is 20.1 Å². The van der Waals surface area contributed by atoms with Crippen molar-refractivity contribution < 1.29 is 4.39 Å². The maximum Gasteiger partial charge on any atom is 0.128 e. The maximum atomic E-state index is 14.0. The summed E-state index contributed by atoms with van der Waals surface area (Å²) in [6, 6.07) is 11.0. The number of benzene rings is 1. The average molecular weight is 287 g/mol. The molecular weight excluding hydrogens is 265 g/mol. The molecule has 2 rings (SSSR count). The van der Waals surface area contributed by atoms with Gasteiger partial charge in [0.15, 0.2) is 0 Å². The molecule has 0 radical (unpaired) electrons. The van der Waals surface area contributed by atoms with Crippen LogP contribution in [0, 0.1) is 5.82 Å². The standard InChI is InChI=1S/C17H22FN3/c1-3-20-17(15-6-4-5-7-16(15)18)13-21(2)12-14-8-10-19-11-9-14/h4-11,17,20H,3,12-13H2,1-2H3. The van der Waals surface area contributed by atoms with Crippen LogP contribution in [0.5, 0.6) is 0 Å². The summed E-state index contributed by atoms with van der Waals surface area (Å²) in [7, 11) is 2.05. The van der Waals surface area contributed by atoms with E-state index in [2.05, 4.69) is 15.2 Å². The molecule has 1 atom stereocenters. The van der Waals surface area contributed by atoms with Crippen LogP contribution in [-0.4, -0.2) is 30.0 Å². The Morgan fingerprint density at radius 3 is 2.57 bits per heavy atom. The van der Waals surface area contributed by atoms with Gasteiger partial charge in [0.25, 0.3) is 0 Å².